The average molecular weight is 391 g/mol. The second-order valence-corrected chi connectivity index (χ2v) is 6.40. The van der Waals surface area contributed by atoms with E-state index in [4.69, 9.17) is 17.3 Å². The van der Waals surface area contributed by atoms with E-state index in [1.165, 1.54) is 18.2 Å². The SMILES string of the molecule is CCN(CC)[C@@H](CNc1ccc(C(N)=O)cc1[N+](=O)[O-])c1ccccc1Cl. The van der Waals surface area contributed by atoms with Gasteiger partial charge in [0, 0.05) is 23.2 Å². The van der Waals surface area contributed by atoms with Crippen LogP contribution in [-0.2, 0) is 0 Å². The topological polar surface area (TPSA) is 102 Å². The molecule has 3 N–H and O–H groups in total. The second kappa shape index (κ2) is 9.34. The second-order valence-electron chi connectivity index (χ2n) is 5.99. The normalized spacial score (nSPS) is 12.0. The van der Waals surface area contributed by atoms with Crippen LogP contribution in [0.3, 0.4) is 0 Å². The van der Waals surface area contributed by atoms with Crippen LogP contribution in [0.1, 0.15) is 35.8 Å². The van der Waals surface area contributed by atoms with E-state index in [-0.39, 0.29) is 17.3 Å². The molecule has 0 aliphatic heterocycles. The highest BCUT2D eigenvalue weighted by Gasteiger charge is 2.22. The summed E-state index contributed by atoms with van der Waals surface area (Å²) in [5.74, 6) is -0.707. The Labute approximate surface area is 163 Å². The van der Waals surface area contributed by atoms with Gasteiger partial charge < -0.3 is 11.1 Å². The van der Waals surface area contributed by atoms with Gasteiger partial charge in [0.2, 0.25) is 5.91 Å². The first-order valence-electron chi connectivity index (χ1n) is 8.69. The number of nitrogens with two attached hydrogens (primary N) is 1. The average Bonchev–Trinajstić information content (AvgIpc) is 2.65. The molecule has 0 fully saturated rings. The van der Waals surface area contributed by atoms with Gasteiger partial charge in [-0.15, -0.1) is 0 Å². The summed E-state index contributed by atoms with van der Waals surface area (Å²) in [5.41, 5.74) is 6.40. The molecule has 0 radical (unpaired) electrons. The molecule has 0 bridgehead atoms. The predicted molar refractivity (Wildman–Crippen MR) is 107 cm³/mol. The highest BCUT2D eigenvalue weighted by molar-refractivity contribution is 6.31. The van der Waals surface area contributed by atoms with E-state index in [2.05, 4.69) is 24.1 Å². The lowest BCUT2D eigenvalue weighted by Crippen LogP contribution is -2.33. The fraction of sp³-hybridized carbons (Fsp3) is 0.316. The standard InChI is InChI=1S/C19H23ClN4O3/c1-3-23(4-2)18(14-7-5-6-8-15(14)20)12-22-16-10-9-13(19(21)25)11-17(16)24(26)27/h5-11,18,22H,3-4,12H2,1-2H3,(H2,21,25)/t18-/m0/s1. The van der Waals surface area contributed by atoms with Crippen LogP contribution in [-0.4, -0.2) is 35.4 Å². The van der Waals surface area contributed by atoms with Crippen LogP contribution < -0.4 is 11.1 Å². The van der Waals surface area contributed by atoms with Crippen LogP contribution in [0.15, 0.2) is 42.5 Å². The van der Waals surface area contributed by atoms with E-state index in [1.54, 1.807) is 0 Å². The number of anilines is 1. The molecule has 0 saturated heterocycles. The first-order valence-corrected chi connectivity index (χ1v) is 9.07. The number of hydrogen-bond acceptors (Lipinski definition) is 5. The van der Waals surface area contributed by atoms with Gasteiger partial charge in [0.25, 0.3) is 5.69 Å². The van der Waals surface area contributed by atoms with Crippen molar-refractivity contribution in [1.29, 1.82) is 0 Å². The molecule has 0 aliphatic carbocycles. The van der Waals surface area contributed by atoms with Gasteiger partial charge in [0.1, 0.15) is 5.69 Å². The number of likely N-dealkylation sites (N-methyl/N-ethyl adjacent to an activating group) is 1. The van der Waals surface area contributed by atoms with E-state index in [1.807, 2.05) is 24.3 Å². The number of nitrogens with one attached hydrogen (secondary N) is 1. The number of nitrogens with zero attached hydrogens (tertiary/aromatic N) is 2. The van der Waals surface area contributed by atoms with Crippen LogP contribution in [0.4, 0.5) is 11.4 Å². The third-order valence-corrected chi connectivity index (χ3v) is 4.83. The number of hydrogen-bond donors (Lipinski definition) is 2. The molecule has 2 aromatic rings. The van der Waals surface area contributed by atoms with Crippen molar-refractivity contribution in [2.75, 3.05) is 25.0 Å². The minimum absolute atomic E-state index is 0.0656. The van der Waals surface area contributed by atoms with Gasteiger partial charge in [-0.25, -0.2) is 0 Å². The third-order valence-electron chi connectivity index (χ3n) is 4.48. The molecule has 0 unspecified atom stereocenters. The minimum Gasteiger partial charge on any atom is -0.378 e. The van der Waals surface area contributed by atoms with Crippen molar-refractivity contribution in [3.63, 3.8) is 0 Å². The summed E-state index contributed by atoms with van der Waals surface area (Å²) in [6, 6.07) is 11.7. The molecule has 1 atom stereocenters. The van der Waals surface area contributed by atoms with E-state index in [0.29, 0.717) is 17.3 Å². The summed E-state index contributed by atoms with van der Waals surface area (Å²) < 4.78 is 0. The molecular formula is C19H23ClN4O3. The number of amides is 1. The van der Waals surface area contributed by atoms with Crippen molar-refractivity contribution < 1.29 is 9.72 Å². The summed E-state index contributed by atoms with van der Waals surface area (Å²) in [4.78, 5) is 24.4. The van der Waals surface area contributed by atoms with Gasteiger partial charge >= 0.3 is 0 Å². The molecule has 0 spiro atoms. The van der Waals surface area contributed by atoms with Gasteiger partial charge in [-0.1, -0.05) is 43.6 Å². The predicted octanol–water partition coefficient (Wildman–Crippen LogP) is 3.84. The Balaban J connectivity index is 2.33. The molecule has 8 heteroatoms. The van der Waals surface area contributed by atoms with Crippen LogP contribution in [0.5, 0.6) is 0 Å². The number of carbonyl (C=O) groups excluding carboxylic acids is 1. The van der Waals surface area contributed by atoms with Gasteiger partial charge in [-0.05, 0) is 36.9 Å². The number of benzene rings is 2. The Kier molecular flexibility index (Phi) is 7.15. The highest BCUT2D eigenvalue weighted by Crippen LogP contribution is 2.30. The van der Waals surface area contributed by atoms with Crippen LogP contribution >= 0.6 is 11.6 Å². The maximum absolute atomic E-state index is 11.4. The molecule has 0 aromatic heterocycles. The smallest absolute Gasteiger partial charge is 0.293 e. The lowest BCUT2D eigenvalue weighted by Gasteiger charge is -2.31. The molecule has 2 rings (SSSR count). The Hall–Kier alpha value is -2.64. The summed E-state index contributed by atoms with van der Waals surface area (Å²) in [6.07, 6.45) is 0. The first-order chi connectivity index (χ1) is 12.9. The fourth-order valence-electron chi connectivity index (χ4n) is 3.04. The monoisotopic (exact) mass is 390 g/mol. The zero-order valence-electron chi connectivity index (χ0n) is 15.3. The summed E-state index contributed by atoms with van der Waals surface area (Å²) >= 11 is 6.38. The van der Waals surface area contributed by atoms with Gasteiger partial charge in [0.15, 0.2) is 0 Å². The van der Waals surface area contributed by atoms with Crippen LogP contribution in [0, 0.1) is 10.1 Å². The molecule has 0 heterocycles. The molecule has 0 saturated carbocycles. The quantitative estimate of drug-likeness (QED) is 0.500. The number of nitro groups is 1. The van der Waals surface area contributed by atoms with Crippen molar-refractivity contribution in [3.8, 4) is 0 Å². The van der Waals surface area contributed by atoms with Crippen molar-refractivity contribution in [2.24, 2.45) is 5.73 Å². The van der Waals surface area contributed by atoms with Crippen molar-refractivity contribution in [1.82, 2.24) is 4.90 Å². The Morgan fingerprint density at radius 2 is 1.93 bits per heavy atom. The van der Waals surface area contributed by atoms with E-state index < -0.39 is 10.8 Å². The minimum atomic E-state index is -0.707. The Morgan fingerprint density at radius 3 is 2.48 bits per heavy atom. The summed E-state index contributed by atoms with van der Waals surface area (Å²) in [6.45, 7) is 6.13. The third kappa shape index (κ3) is 4.96. The number of nitro benzene ring substituents is 1. The van der Waals surface area contributed by atoms with Gasteiger partial charge in [-0.2, -0.15) is 0 Å². The molecule has 27 heavy (non-hydrogen) atoms. The molecular weight excluding hydrogens is 368 g/mol. The largest absolute Gasteiger partial charge is 0.378 e. The fourth-order valence-corrected chi connectivity index (χ4v) is 3.30. The maximum Gasteiger partial charge on any atom is 0.293 e. The van der Waals surface area contributed by atoms with E-state index in [9.17, 15) is 14.9 Å². The molecule has 0 aliphatic rings. The van der Waals surface area contributed by atoms with E-state index in [0.717, 1.165) is 18.7 Å². The highest BCUT2D eigenvalue weighted by atomic mass is 35.5. The van der Waals surface area contributed by atoms with Gasteiger partial charge in [0.05, 0.1) is 11.0 Å². The number of halogens is 1. The number of rotatable bonds is 9. The maximum atomic E-state index is 11.4. The summed E-state index contributed by atoms with van der Waals surface area (Å²) in [5, 5.41) is 15.2. The Bertz CT molecular complexity index is 824. The molecule has 7 nitrogen and oxygen atoms in total. The molecule has 1 amide bonds. The summed E-state index contributed by atoms with van der Waals surface area (Å²) in [7, 11) is 0. The van der Waals surface area contributed by atoms with Gasteiger partial charge in [-0.3, -0.25) is 19.8 Å². The lowest BCUT2D eigenvalue weighted by molar-refractivity contribution is -0.384. The van der Waals surface area contributed by atoms with Crippen molar-refractivity contribution in [3.05, 3.63) is 68.7 Å². The van der Waals surface area contributed by atoms with Crippen LogP contribution in [0.2, 0.25) is 5.02 Å². The van der Waals surface area contributed by atoms with Crippen molar-refractivity contribution >= 4 is 28.9 Å². The van der Waals surface area contributed by atoms with Crippen molar-refractivity contribution in [2.45, 2.75) is 19.9 Å². The number of carbonyl (C=O) groups is 1. The zero-order valence-corrected chi connectivity index (χ0v) is 16.1. The van der Waals surface area contributed by atoms with E-state index >= 15 is 0 Å². The number of primary amides is 1. The zero-order chi connectivity index (χ0) is 20.0. The first kappa shape index (κ1) is 20.7. The Morgan fingerprint density at radius 1 is 1.26 bits per heavy atom. The lowest BCUT2D eigenvalue weighted by atomic mass is 10.0. The molecule has 144 valence electrons. The molecule has 2 aromatic carbocycles. The van der Waals surface area contributed by atoms with Crippen LogP contribution in [0.25, 0.3) is 0 Å².